The van der Waals surface area contributed by atoms with Gasteiger partial charge in [-0.05, 0) is 60.6 Å². The minimum absolute atomic E-state index is 0.369. The molecule has 0 bridgehead atoms. The van der Waals surface area contributed by atoms with E-state index in [4.69, 9.17) is 0 Å². The first-order valence-electron chi connectivity index (χ1n) is 9.15. The number of likely N-dealkylation sites (tertiary alicyclic amines) is 1. The predicted octanol–water partition coefficient (Wildman–Crippen LogP) is 5.90. The van der Waals surface area contributed by atoms with Gasteiger partial charge in [0.15, 0.2) is 0 Å². The van der Waals surface area contributed by atoms with Crippen LogP contribution in [0.5, 0.6) is 0 Å². The van der Waals surface area contributed by atoms with Gasteiger partial charge in [-0.15, -0.1) is 0 Å². The highest BCUT2D eigenvalue weighted by Crippen LogP contribution is 2.45. The summed E-state index contributed by atoms with van der Waals surface area (Å²) >= 11 is 0. The van der Waals surface area contributed by atoms with Crippen LogP contribution in [0.2, 0.25) is 0 Å². The van der Waals surface area contributed by atoms with Crippen LogP contribution in [0, 0.1) is 11.3 Å². The molecule has 1 aromatic rings. The zero-order valence-corrected chi connectivity index (χ0v) is 15.2. The van der Waals surface area contributed by atoms with Crippen molar-refractivity contribution in [3.63, 3.8) is 0 Å². The maximum atomic E-state index is 2.54. The van der Waals surface area contributed by atoms with E-state index < -0.39 is 0 Å². The van der Waals surface area contributed by atoms with Crippen molar-refractivity contribution in [1.82, 2.24) is 4.90 Å². The standard InChI is InChI=1S/C22H31N/c1-17-14-20(22(2,3)4)15-19(16-23-12-8-9-13-23)21(17)18-10-6-5-7-11-18/h5-7,10-11,16,20H,8-9,12-15H2,1-4H3/b19-16+. The Bertz CT molecular complexity index is 595. The molecule has 1 unspecified atom stereocenters. The Kier molecular flexibility index (Phi) is 4.66. The van der Waals surface area contributed by atoms with Crippen LogP contribution < -0.4 is 0 Å². The zero-order chi connectivity index (χ0) is 16.4. The van der Waals surface area contributed by atoms with Crippen LogP contribution in [0.3, 0.4) is 0 Å². The van der Waals surface area contributed by atoms with Crippen molar-refractivity contribution in [2.75, 3.05) is 13.1 Å². The Labute approximate surface area is 142 Å². The SMILES string of the molecule is CC1=C(c2ccccc2)/C(=C/N2CCCC2)CC(C(C)(C)C)C1. The molecule has 1 aliphatic heterocycles. The molecule has 1 heteroatoms. The lowest BCUT2D eigenvalue weighted by atomic mass is 9.68. The molecular weight excluding hydrogens is 278 g/mol. The summed E-state index contributed by atoms with van der Waals surface area (Å²) in [5.74, 6) is 0.740. The van der Waals surface area contributed by atoms with Gasteiger partial charge in [0.2, 0.25) is 0 Å². The molecule has 1 fully saturated rings. The molecule has 0 N–H and O–H groups in total. The number of benzene rings is 1. The molecule has 23 heavy (non-hydrogen) atoms. The fraction of sp³-hybridized carbons (Fsp3) is 0.545. The Morgan fingerprint density at radius 1 is 1.00 bits per heavy atom. The first kappa shape index (κ1) is 16.4. The molecule has 0 saturated carbocycles. The summed E-state index contributed by atoms with van der Waals surface area (Å²) in [5, 5.41) is 0. The van der Waals surface area contributed by atoms with Crippen LogP contribution in [0.25, 0.3) is 5.57 Å². The van der Waals surface area contributed by atoms with E-state index in [1.807, 2.05) is 0 Å². The van der Waals surface area contributed by atoms with Crippen LogP contribution in [-0.4, -0.2) is 18.0 Å². The molecule has 1 heterocycles. The second-order valence-electron chi connectivity index (χ2n) is 8.39. The van der Waals surface area contributed by atoms with E-state index in [1.54, 1.807) is 11.1 Å². The van der Waals surface area contributed by atoms with Gasteiger partial charge in [-0.1, -0.05) is 56.7 Å². The number of allylic oxidation sites excluding steroid dienone is 3. The molecule has 3 rings (SSSR count). The van der Waals surface area contributed by atoms with E-state index in [0.717, 1.165) is 5.92 Å². The normalized spacial score (nSPS) is 24.6. The summed E-state index contributed by atoms with van der Waals surface area (Å²) in [7, 11) is 0. The summed E-state index contributed by atoms with van der Waals surface area (Å²) in [6.45, 7) is 12.0. The van der Waals surface area contributed by atoms with Crippen LogP contribution in [0.4, 0.5) is 0 Å². The molecule has 0 amide bonds. The minimum atomic E-state index is 0.369. The topological polar surface area (TPSA) is 3.24 Å². The highest BCUT2D eigenvalue weighted by atomic mass is 15.1. The van der Waals surface area contributed by atoms with Crippen molar-refractivity contribution in [2.24, 2.45) is 11.3 Å². The van der Waals surface area contributed by atoms with Gasteiger partial charge in [-0.2, -0.15) is 0 Å². The Hall–Kier alpha value is -1.50. The fourth-order valence-corrected chi connectivity index (χ4v) is 4.04. The molecule has 1 atom stereocenters. The van der Waals surface area contributed by atoms with Crippen molar-refractivity contribution >= 4 is 5.57 Å². The van der Waals surface area contributed by atoms with Gasteiger partial charge in [0.25, 0.3) is 0 Å². The Morgan fingerprint density at radius 2 is 1.65 bits per heavy atom. The molecule has 124 valence electrons. The first-order chi connectivity index (χ1) is 10.9. The molecule has 0 spiro atoms. The van der Waals surface area contributed by atoms with E-state index in [1.165, 1.54) is 49.9 Å². The Balaban J connectivity index is 2.01. The molecule has 1 saturated heterocycles. The third kappa shape index (κ3) is 3.71. The number of hydrogen-bond acceptors (Lipinski definition) is 1. The zero-order valence-electron chi connectivity index (χ0n) is 15.2. The lowest BCUT2D eigenvalue weighted by molar-refractivity contribution is 0.233. The molecule has 1 nitrogen and oxygen atoms in total. The maximum Gasteiger partial charge on any atom is 0.0173 e. The van der Waals surface area contributed by atoms with Crippen LogP contribution in [0.15, 0.2) is 47.7 Å². The van der Waals surface area contributed by atoms with Gasteiger partial charge in [-0.25, -0.2) is 0 Å². The molecule has 1 aliphatic carbocycles. The number of nitrogens with zero attached hydrogens (tertiary/aromatic N) is 1. The highest BCUT2D eigenvalue weighted by Gasteiger charge is 2.31. The molecule has 1 aromatic carbocycles. The monoisotopic (exact) mass is 309 g/mol. The van der Waals surface area contributed by atoms with Gasteiger partial charge in [0.05, 0.1) is 0 Å². The van der Waals surface area contributed by atoms with Gasteiger partial charge < -0.3 is 4.90 Å². The van der Waals surface area contributed by atoms with Gasteiger partial charge >= 0.3 is 0 Å². The molecule has 0 radical (unpaired) electrons. The number of hydrogen-bond donors (Lipinski definition) is 0. The van der Waals surface area contributed by atoms with Crippen LogP contribution in [-0.2, 0) is 0 Å². The summed E-state index contributed by atoms with van der Waals surface area (Å²) in [6.07, 6.45) is 7.61. The summed E-state index contributed by atoms with van der Waals surface area (Å²) in [5.41, 5.74) is 6.39. The van der Waals surface area contributed by atoms with Crippen LogP contribution >= 0.6 is 0 Å². The maximum absolute atomic E-state index is 2.54. The quantitative estimate of drug-likeness (QED) is 0.658. The third-order valence-corrected chi connectivity index (χ3v) is 5.53. The Morgan fingerprint density at radius 3 is 2.26 bits per heavy atom. The van der Waals surface area contributed by atoms with Crippen molar-refractivity contribution in [1.29, 1.82) is 0 Å². The average molecular weight is 309 g/mol. The lowest BCUT2D eigenvalue weighted by Gasteiger charge is -2.37. The van der Waals surface area contributed by atoms with Crippen molar-refractivity contribution in [2.45, 2.75) is 53.4 Å². The van der Waals surface area contributed by atoms with Gasteiger partial charge in [-0.3, -0.25) is 0 Å². The van der Waals surface area contributed by atoms with E-state index in [2.05, 4.69) is 69.1 Å². The average Bonchev–Trinajstić information content (AvgIpc) is 3.00. The summed E-state index contributed by atoms with van der Waals surface area (Å²) in [4.78, 5) is 2.54. The van der Waals surface area contributed by atoms with Crippen molar-refractivity contribution in [3.8, 4) is 0 Å². The highest BCUT2D eigenvalue weighted by molar-refractivity contribution is 5.82. The minimum Gasteiger partial charge on any atom is -0.377 e. The first-order valence-corrected chi connectivity index (χ1v) is 9.15. The van der Waals surface area contributed by atoms with Crippen molar-refractivity contribution < 1.29 is 0 Å². The molecular formula is C22H31N. The smallest absolute Gasteiger partial charge is 0.0173 e. The molecule has 2 aliphatic rings. The van der Waals surface area contributed by atoms with Crippen molar-refractivity contribution in [3.05, 3.63) is 53.2 Å². The summed E-state index contributed by atoms with van der Waals surface area (Å²) in [6, 6.07) is 11.0. The second kappa shape index (κ2) is 6.55. The van der Waals surface area contributed by atoms with Crippen LogP contribution in [0.1, 0.15) is 58.9 Å². The van der Waals surface area contributed by atoms with E-state index in [0.29, 0.717) is 5.41 Å². The third-order valence-electron chi connectivity index (χ3n) is 5.53. The summed E-state index contributed by atoms with van der Waals surface area (Å²) < 4.78 is 0. The molecule has 0 aromatic heterocycles. The fourth-order valence-electron chi connectivity index (χ4n) is 4.04. The predicted molar refractivity (Wildman–Crippen MR) is 100 cm³/mol. The second-order valence-corrected chi connectivity index (χ2v) is 8.39. The van der Waals surface area contributed by atoms with E-state index in [-0.39, 0.29) is 0 Å². The van der Waals surface area contributed by atoms with Gasteiger partial charge in [0, 0.05) is 19.3 Å². The van der Waals surface area contributed by atoms with Gasteiger partial charge in [0.1, 0.15) is 0 Å². The largest absolute Gasteiger partial charge is 0.377 e. The number of rotatable bonds is 2. The van der Waals surface area contributed by atoms with E-state index in [9.17, 15) is 0 Å². The lowest BCUT2D eigenvalue weighted by Crippen LogP contribution is -2.25. The van der Waals surface area contributed by atoms with E-state index >= 15 is 0 Å².